The molecule has 0 radical (unpaired) electrons. The highest BCUT2D eigenvalue weighted by Gasteiger charge is 2.17. The lowest BCUT2D eigenvalue weighted by Crippen LogP contribution is -2.47. The molecule has 1 rings (SSSR count). The summed E-state index contributed by atoms with van der Waals surface area (Å²) in [6, 6.07) is 0.357. The van der Waals surface area contributed by atoms with E-state index in [1.54, 1.807) is 0 Å². The van der Waals surface area contributed by atoms with E-state index in [-0.39, 0.29) is 0 Å². The Balaban J connectivity index is 2.13. The SMILES string of the molecule is C[N+](C)(C)OCC1COCCN1. The highest BCUT2D eigenvalue weighted by molar-refractivity contribution is 4.68. The molecule has 1 saturated heterocycles. The first-order chi connectivity index (χ1) is 5.58. The Bertz CT molecular complexity index is 128. The summed E-state index contributed by atoms with van der Waals surface area (Å²) in [5.41, 5.74) is 0. The van der Waals surface area contributed by atoms with Gasteiger partial charge in [-0.3, -0.25) is 0 Å². The number of nitrogens with one attached hydrogen (secondary N) is 1. The van der Waals surface area contributed by atoms with Gasteiger partial charge in [-0.2, -0.15) is 4.65 Å². The summed E-state index contributed by atoms with van der Waals surface area (Å²) in [5, 5.41) is 3.33. The molecule has 72 valence electrons. The minimum atomic E-state index is 0.357. The molecule has 1 unspecified atom stereocenters. The summed E-state index contributed by atoms with van der Waals surface area (Å²) < 4.78 is 5.84. The fourth-order valence-electron chi connectivity index (χ4n) is 1.04. The lowest BCUT2D eigenvalue weighted by atomic mass is 10.3. The molecule has 4 nitrogen and oxygen atoms in total. The first-order valence-corrected chi connectivity index (χ1v) is 4.35. The van der Waals surface area contributed by atoms with Crippen molar-refractivity contribution in [1.82, 2.24) is 5.32 Å². The first-order valence-electron chi connectivity index (χ1n) is 4.35. The van der Waals surface area contributed by atoms with Crippen molar-refractivity contribution >= 4 is 0 Å². The molecule has 0 aromatic heterocycles. The summed E-state index contributed by atoms with van der Waals surface area (Å²) in [6.07, 6.45) is 0. The maximum atomic E-state index is 5.56. The van der Waals surface area contributed by atoms with Crippen LogP contribution in [-0.4, -0.2) is 58.2 Å². The number of hydrogen-bond acceptors (Lipinski definition) is 3. The van der Waals surface area contributed by atoms with E-state index in [0.717, 1.165) is 19.8 Å². The Morgan fingerprint density at radius 3 is 2.75 bits per heavy atom. The van der Waals surface area contributed by atoms with Crippen LogP contribution in [0.25, 0.3) is 0 Å². The van der Waals surface area contributed by atoms with Gasteiger partial charge in [0.25, 0.3) is 0 Å². The van der Waals surface area contributed by atoms with E-state index in [1.807, 2.05) is 21.1 Å². The Kier molecular flexibility index (Phi) is 3.46. The summed E-state index contributed by atoms with van der Waals surface area (Å²) >= 11 is 0. The van der Waals surface area contributed by atoms with Gasteiger partial charge >= 0.3 is 0 Å². The molecule has 0 saturated carbocycles. The van der Waals surface area contributed by atoms with Crippen molar-refractivity contribution in [3.8, 4) is 0 Å². The van der Waals surface area contributed by atoms with Crippen LogP contribution in [0.4, 0.5) is 0 Å². The second kappa shape index (κ2) is 4.18. The van der Waals surface area contributed by atoms with Crippen molar-refractivity contribution in [1.29, 1.82) is 0 Å². The molecule has 1 aliphatic rings. The van der Waals surface area contributed by atoms with Gasteiger partial charge in [0.05, 0.1) is 40.4 Å². The fourth-order valence-corrected chi connectivity index (χ4v) is 1.04. The summed E-state index contributed by atoms with van der Waals surface area (Å²) in [7, 11) is 6.01. The third-order valence-corrected chi connectivity index (χ3v) is 1.66. The second-order valence-corrected chi connectivity index (χ2v) is 3.91. The Labute approximate surface area is 74.0 Å². The largest absolute Gasteiger partial charge is 0.378 e. The molecule has 0 bridgehead atoms. The fraction of sp³-hybridized carbons (Fsp3) is 1.00. The summed E-state index contributed by atoms with van der Waals surface area (Å²) in [4.78, 5) is 5.56. The van der Waals surface area contributed by atoms with Gasteiger partial charge in [0.1, 0.15) is 6.61 Å². The van der Waals surface area contributed by atoms with Crippen LogP contribution in [0.1, 0.15) is 0 Å². The Morgan fingerprint density at radius 2 is 2.25 bits per heavy atom. The number of hydrogen-bond donors (Lipinski definition) is 1. The van der Waals surface area contributed by atoms with Gasteiger partial charge < -0.3 is 10.1 Å². The predicted molar refractivity (Wildman–Crippen MR) is 46.6 cm³/mol. The zero-order chi connectivity index (χ0) is 9.03. The molecule has 1 aliphatic heterocycles. The third-order valence-electron chi connectivity index (χ3n) is 1.66. The molecule has 12 heavy (non-hydrogen) atoms. The van der Waals surface area contributed by atoms with E-state index in [0.29, 0.717) is 17.3 Å². The van der Waals surface area contributed by atoms with Crippen molar-refractivity contribution in [3.05, 3.63) is 0 Å². The minimum absolute atomic E-state index is 0.357. The average Bonchev–Trinajstić information content (AvgIpc) is 2.02. The molecule has 0 spiro atoms. The van der Waals surface area contributed by atoms with Gasteiger partial charge in [-0.1, -0.05) is 0 Å². The number of quaternary nitrogens is 1. The molecule has 4 heteroatoms. The van der Waals surface area contributed by atoms with E-state index in [2.05, 4.69) is 5.32 Å². The van der Waals surface area contributed by atoms with Crippen LogP contribution in [0.15, 0.2) is 0 Å². The maximum absolute atomic E-state index is 5.56. The van der Waals surface area contributed by atoms with Crippen molar-refractivity contribution in [2.75, 3.05) is 47.5 Å². The van der Waals surface area contributed by atoms with Crippen LogP contribution in [0.2, 0.25) is 0 Å². The van der Waals surface area contributed by atoms with Gasteiger partial charge in [-0.15, -0.1) is 0 Å². The van der Waals surface area contributed by atoms with E-state index in [4.69, 9.17) is 9.57 Å². The third kappa shape index (κ3) is 4.01. The molecule has 1 heterocycles. The average molecular weight is 175 g/mol. The maximum Gasteiger partial charge on any atom is 0.124 e. The zero-order valence-electron chi connectivity index (χ0n) is 8.17. The molecular formula is C8H19N2O2+. The van der Waals surface area contributed by atoms with Crippen LogP contribution < -0.4 is 5.32 Å². The van der Waals surface area contributed by atoms with E-state index in [1.165, 1.54) is 0 Å². The number of hydroxylamine groups is 3. The quantitative estimate of drug-likeness (QED) is 0.468. The van der Waals surface area contributed by atoms with Gasteiger partial charge in [-0.25, -0.2) is 4.84 Å². The predicted octanol–water partition coefficient (Wildman–Crippen LogP) is -0.387. The van der Waals surface area contributed by atoms with E-state index < -0.39 is 0 Å². The molecule has 0 aromatic rings. The van der Waals surface area contributed by atoms with Crippen LogP contribution >= 0.6 is 0 Å². The topological polar surface area (TPSA) is 30.5 Å². The van der Waals surface area contributed by atoms with Gasteiger partial charge in [0, 0.05) is 6.54 Å². The number of nitrogens with zero attached hydrogens (tertiary/aromatic N) is 1. The van der Waals surface area contributed by atoms with Crippen LogP contribution in [0.3, 0.4) is 0 Å². The van der Waals surface area contributed by atoms with Crippen molar-refractivity contribution < 1.29 is 14.2 Å². The number of rotatable bonds is 3. The van der Waals surface area contributed by atoms with E-state index in [9.17, 15) is 0 Å². The standard InChI is InChI=1S/C8H19N2O2/c1-10(2,3)12-7-8-6-11-5-4-9-8/h8-9H,4-7H2,1-3H3/q+1. The summed E-state index contributed by atoms with van der Waals surface area (Å²) in [5.74, 6) is 0. The van der Waals surface area contributed by atoms with Crippen molar-refractivity contribution in [2.24, 2.45) is 0 Å². The Hall–Kier alpha value is -0.160. The molecule has 0 amide bonds. The number of morpholine rings is 1. The lowest BCUT2D eigenvalue weighted by Gasteiger charge is -2.27. The molecule has 1 atom stereocenters. The van der Waals surface area contributed by atoms with Crippen LogP contribution in [-0.2, 0) is 9.57 Å². The minimum Gasteiger partial charge on any atom is -0.378 e. The smallest absolute Gasteiger partial charge is 0.124 e. The summed E-state index contributed by atoms with van der Waals surface area (Å²) in [6.45, 7) is 3.23. The van der Waals surface area contributed by atoms with Crippen molar-refractivity contribution in [3.63, 3.8) is 0 Å². The molecule has 0 aliphatic carbocycles. The molecule has 1 fully saturated rings. The molecule has 1 N–H and O–H groups in total. The molecule has 0 aromatic carbocycles. The van der Waals surface area contributed by atoms with Gasteiger partial charge in [-0.05, 0) is 0 Å². The van der Waals surface area contributed by atoms with Crippen LogP contribution in [0, 0.1) is 0 Å². The van der Waals surface area contributed by atoms with Crippen LogP contribution in [0.5, 0.6) is 0 Å². The zero-order valence-corrected chi connectivity index (χ0v) is 8.17. The Morgan fingerprint density at radius 1 is 1.50 bits per heavy atom. The number of ether oxygens (including phenoxy) is 1. The highest BCUT2D eigenvalue weighted by atomic mass is 16.7. The first kappa shape index (κ1) is 9.92. The highest BCUT2D eigenvalue weighted by Crippen LogP contribution is 1.98. The second-order valence-electron chi connectivity index (χ2n) is 3.91. The van der Waals surface area contributed by atoms with Crippen molar-refractivity contribution in [2.45, 2.75) is 6.04 Å². The monoisotopic (exact) mass is 175 g/mol. The van der Waals surface area contributed by atoms with E-state index >= 15 is 0 Å². The van der Waals surface area contributed by atoms with Gasteiger partial charge in [0.2, 0.25) is 0 Å². The lowest BCUT2D eigenvalue weighted by molar-refractivity contribution is -1.06. The van der Waals surface area contributed by atoms with Gasteiger partial charge in [0.15, 0.2) is 0 Å². The molecular weight excluding hydrogens is 156 g/mol. The normalized spacial score (nSPS) is 25.8.